The predicted octanol–water partition coefficient (Wildman–Crippen LogP) is 23.8. The van der Waals surface area contributed by atoms with Crippen molar-refractivity contribution in [1.82, 2.24) is 9.55 Å². The number of hydrogen-bond acceptors (Lipinski definition) is 5. The Morgan fingerprint density at radius 2 is 1.03 bits per heavy atom. The van der Waals surface area contributed by atoms with E-state index >= 15 is 0 Å². The van der Waals surface area contributed by atoms with Crippen LogP contribution in [0.15, 0.2) is 152 Å². The van der Waals surface area contributed by atoms with E-state index in [1.54, 1.807) is 0 Å². The van der Waals surface area contributed by atoms with Gasteiger partial charge in [-0.2, -0.15) is 6.07 Å². The molecule has 89 heavy (non-hydrogen) atoms. The Morgan fingerprint density at radius 3 is 1.63 bits per heavy atom. The van der Waals surface area contributed by atoms with Crippen LogP contribution in [0.5, 0.6) is 11.5 Å². The van der Waals surface area contributed by atoms with E-state index in [9.17, 15) is 2.74 Å². The molecule has 0 bridgehead atoms. The van der Waals surface area contributed by atoms with Crippen LogP contribution in [0.2, 0.25) is 0 Å². The molecule has 0 fully saturated rings. The molecular weight excluding hydrogens is 1280 g/mol. The molecule has 0 saturated carbocycles. The van der Waals surface area contributed by atoms with Crippen LogP contribution in [0.1, 0.15) is 191 Å². The summed E-state index contributed by atoms with van der Waals surface area (Å²) in [6.45, 7) is 49.2. The van der Waals surface area contributed by atoms with Gasteiger partial charge in [0.1, 0.15) is 5.82 Å². The third-order valence-corrected chi connectivity index (χ3v) is 18.8. The summed E-state index contributed by atoms with van der Waals surface area (Å²) >= 11 is 1.87. The molecule has 7 heteroatoms. The molecule has 0 saturated heterocycles. The number of nitrogens with zero attached hydrogens (tertiary/aromatic N) is 4. The van der Waals surface area contributed by atoms with Crippen molar-refractivity contribution in [2.45, 2.75) is 183 Å². The molecule has 3 aromatic heterocycles. The second kappa shape index (κ2) is 22.2. The summed E-state index contributed by atoms with van der Waals surface area (Å²) in [6, 6.07) is 47.5. The van der Waals surface area contributed by atoms with Crippen molar-refractivity contribution < 1.29 is 32.7 Å². The summed E-state index contributed by atoms with van der Waals surface area (Å²) in [7, 11) is 0. The van der Waals surface area contributed by atoms with Crippen LogP contribution in [-0.4, -0.2) is 9.55 Å². The first kappa shape index (κ1) is 57.2. The van der Waals surface area contributed by atoms with Gasteiger partial charge in [0.2, 0.25) is 0 Å². The SMILES string of the molecule is [2H]c1c([2H])c([2H])c(-c2cc(C(C)(C)C)cc(-c3cc(C(C)(C)C)cc(C(C)(C)C)c3)c2N2[CH-]N(c3[c-]c(Oc4[c-]c5c(cc4)c4c6sc7cc(C(C)(C)C)cc(C(C)(C)C)c7c6ccc4n5-c4cc(C(C)(C)C)ccn4)cc(C(C)(C)C)c3)c3ccccc32)c([2H])c1[2H].[Pt]. The van der Waals surface area contributed by atoms with Gasteiger partial charge >= 0.3 is 0 Å². The van der Waals surface area contributed by atoms with Gasteiger partial charge in [0.15, 0.2) is 0 Å². The minimum absolute atomic E-state index is 0. The zero-order valence-electron chi connectivity index (χ0n) is 61.0. The first-order valence-corrected chi connectivity index (χ1v) is 32.0. The van der Waals surface area contributed by atoms with E-state index in [1.807, 2.05) is 41.8 Å². The maximum absolute atomic E-state index is 9.61. The van der Waals surface area contributed by atoms with Gasteiger partial charge in [-0.25, -0.2) is 4.98 Å². The second-order valence-corrected chi connectivity index (χ2v) is 32.7. The molecule has 5 nitrogen and oxygen atoms in total. The molecule has 1 aliphatic rings. The van der Waals surface area contributed by atoms with Gasteiger partial charge in [-0.3, -0.25) is 0 Å². The van der Waals surface area contributed by atoms with Crippen molar-refractivity contribution in [3.63, 3.8) is 0 Å². The molecule has 8 aromatic carbocycles. The van der Waals surface area contributed by atoms with Crippen LogP contribution in [0.4, 0.5) is 22.7 Å². The molecule has 0 amide bonds. The maximum Gasteiger partial charge on any atom is 0.135 e. The monoisotopic (exact) mass is 1380 g/mol. The van der Waals surface area contributed by atoms with Gasteiger partial charge in [0.05, 0.1) is 6.85 Å². The van der Waals surface area contributed by atoms with E-state index in [-0.39, 0.29) is 83.3 Å². The number of anilines is 4. The molecule has 12 rings (SSSR count). The minimum atomic E-state index is -0.437. The van der Waals surface area contributed by atoms with E-state index in [2.05, 4.69) is 270 Å². The summed E-state index contributed by atoms with van der Waals surface area (Å²) in [6.07, 6.45) is 1.92. The van der Waals surface area contributed by atoms with Crippen molar-refractivity contribution in [3.05, 3.63) is 209 Å². The largest absolute Gasteiger partial charge is 0.509 e. The normalized spacial score (nSPS) is 14.5. The molecule has 0 unspecified atom stereocenters. The Labute approximate surface area is 556 Å². The average molecular weight is 1380 g/mol. The van der Waals surface area contributed by atoms with Crippen LogP contribution in [0.25, 0.3) is 70.0 Å². The number of ether oxygens (including phenoxy) is 1. The van der Waals surface area contributed by atoms with E-state index in [1.165, 1.54) is 36.9 Å². The van der Waals surface area contributed by atoms with Crippen LogP contribution in [0, 0.1) is 18.8 Å². The van der Waals surface area contributed by atoms with Crippen molar-refractivity contribution in [2.75, 3.05) is 9.80 Å². The molecule has 462 valence electrons. The van der Waals surface area contributed by atoms with Gasteiger partial charge in [0, 0.05) is 92.6 Å². The summed E-state index contributed by atoms with van der Waals surface area (Å²) in [4.78, 5) is 9.40. The zero-order chi connectivity index (χ0) is 67.5. The van der Waals surface area contributed by atoms with Gasteiger partial charge in [0.25, 0.3) is 0 Å². The van der Waals surface area contributed by atoms with Crippen molar-refractivity contribution >= 4 is 76.1 Å². The predicted molar refractivity (Wildman–Crippen MR) is 379 cm³/mol. The van der Waals surface area contributed by atoms with Gasteiger partial charge in [-0.05, 0) is 136 Å². The van der Waals surface area contributed by atoms with Gasteiger partial charge in [-0.15, -0.1) is 65.0 Å². The number of benzene rings is 8. The first-order chi connectivity index (χ1) is 43.1. The minimum Gasteiger partial charge on any atom is -0.509 e. The number of fused-ring (bicyclic) bond motifs is 8. The van der Waals surface area contributed by atoms with Gasteiger partial charge in [-0.1, -0.05) is 224 Å². The number of thiophene rings is 1. The second-order valence-electron chi connectivity index (χ2n) is 31.7. The molecule has 0 radical (unpaired) electrons. The summed E-state index contributed by atoms with van der Waals surface area (Å²) in [5.41, 5.74) is 14.2. The fourth-order valence-corrected chi connectivity index (χ4v) is 13.5. The molecule has 0 spiro atoms. The number of pyridine rings is 1. The topological polar surface area (TPSA) is 33.5 Å². The number of aromatic nitrogens is 2. The van der Waals surface area contributed by atoms with Crippen LogP contribution in [0.3, 0.4) is 0 Å². The van der Waals surface area contributed by atoms with Crippen molar-refractivity contribution in [2.24, 2.45) is 0 Å². The average Bonchev–Trinajstić information content (AvgIpc) is 1.51. The number of para-hydroxylation sites is 2. The van der Waals surface area contributed by atoms with Crippen LogP contribution in [-0.2, 0) is 59.0 Å². The summed E-state index contributed by atoms with van der Waals surface area (Å²) < 4.78 is 58.0. The molecule has 0 atom stereocenters. The Kier molecular flexibility index (Phi) is 14.2. The maximum atomic E-state index is 9.61. The van der Waals surface area contributed by atoms with Crippen LogP contribution >= 0.6 is 11.3 Å². The fourth-order valence-electron chi connectivity index (χ4n) is 12.2. The first-order valence-electron chi connectivity index (χ1n) is 33.7. The van der Waals surface area contributed by atoms with E-state index in [0.29, 0.717) is 22.7 Å². The van der Waals surface area contributed by atoms with Crippen LogP contribution < -0.4 is 14.5 Å². The molecule has 4 heterocycles. The molecule has 1 aliphatic heterocycles. The summed E-state index contributed by atoms with van der Waals surface area (Å²) in [5.74, 6) is 1.84. The third kappa shape index (κ3) is 11.9. The summed E-state index contributed by atoms with van der Waals surface area (Å²) in [5, 5.41) is 4.78. The molecule has 0 N–H and O–H groups in total. The third-order valence-electron chi connectivity index (χ3n) is 17.6. The van der Waals surface area contributed by atoms with E-state index < -0.39 is 11.5 Å². The molecule has 11 aromatic rings. The Morgan fingerprint density at radius 1 is 0.483 bits per heavy atom. The number of hydrogen-bond donors (Lipinski definition) is 0. The van der Waals surface area contributed by atoms with Crippen molar-refractivity contribution in [3.8, 4) is 39.6 Å². The smallest absolute Gasteiger partial charge is 0.135 e. The quantitative estimate of drug-likeness (QED) is 0.149. The molecular formula is C82H89N4OPtS-3. The van der Waals surface area contributed by atoms with Gasteiger partial charge < -0.3 is 19.1 Å². The van der Waals surface area contributed by atoms with E-state index in [4.69, 9.17) is 13.8 Å². The zero-order valence-corrected chi connectivity index (χ0v) is 59.1. The fraction of sp³-hybridized carbons (Fsp3) is 0.341. The molecule has 0 aliphatic carbocycles. The standard InChI is InChI=1S/C82H89N4OS.Pt/c1-76(2,3)52-35-36-83-71(46-52)86-68-34-33-62-72-65(82(19,20)21)44-57(81(16,17)18)45-70(72)88-75(62)73(68)61-32-31-59(48-69(61)86)87-60-41-55(79(10,11)12)40-58(47-60)84-49-85(67-30-26-25-29-66(67)84)74-63(50-27-23-22-24-28-50)42-56(80(13,14)15)43-64(74)51-37-53(77(4,5)6)39-54(38-51)78(7,8)9;/h22-46,49H,1-21H3;/q-3;/i22D,23D,24D,27D,28D;. The Balaban J connectivity index is 0.00000901. The Bertz CT molecular complexity index is 4810. The van der Waals surface area contributed by atoms with E-state index in [0.717, 1.165) is 78.1 Å². The number of rotatable bonds is 7. The van der Waals surface area contributed by atoms with Crippen molar-refractivity contribution in [1.29, 1.82) is 0 Å². The Hall–Kier alpha value is -6.98.